The fourth-order valence-corrected chi connectivity index (χ4v) is 2.42. The molecule has 0 aliphatic rings. The van der Waals surface area contributed by atoms with Gasteiger partial charge in [0.25, 0.3) is 0 Å². The van der Waals surface area contributed by atoms with Crippen LogP contribution in [-0.2, 0) is 5.75 Å². The van der Waals surface area contributed by atoms with Gasteiger partial charge in [-0.25, -0.2) is 0 Å². The van der Waals surface area contributed by atoms with Crippen LogP contribution >= 0.6 is 23.4 Å². The molecule has 92 valence electrons. The number of nitrogens with two attached hydrogens (primary N) is 1. The van der Waals surface area contributed by atoms with Gasteiger partial charge in [-0.3, -0.25) is 5.41 Å². The Balaban J connectivity index is 2.10. The largest absolute Gasteiger partial charge is 0.384 e. The monoisotopic (exact) mass is 278 g/mol. The minimum Gasteiger partial charge on any atom is -0.384 e. The predicted molar refractivity (Wildman–Crippen MR) is 74.1 cm³/mol. The van der Waals surface area contributed by atoms with E-state index in [1.807, 2.05) is 24.3 Å². The van der Waals surface area contributed by atoms with Crippen molar-refractivity contribution in [3.05, 3.63) is 52.7 Å². The zero-order chi connectivity index (χ0) is 13.0. The Morgan fingerprint density at radius 2 is 2.00 bits per heavy atom. The lowest BCUT2D eigenvalue weighted by molar-refractivity contribution is 0.920. The molecule has 1 heterocycles. The molecule has 0 atom stereocenters. The number of halogens is 1. The number of nitrogens with one attached hydrogen (secondary N) is 1. The first-order valence-electron chi connectivity index (χ1n) is 5.20. The third-order valence-corrected chi connectivity index (χ3v) is 3.57. The highest BCUT2D eigenvalue weighted by Gasteiger charge is 2.07. The van der Waals surface area contributed by atoms with Gasteiger partial charge in [0.05, 0.1) is 11.8 Å². The molecule has 2 rings (SSSR count). The normalized spacial score (nSPS) is 10.3. The first-order chi connectivity index (χ1) is 8.66. The average molecular weight is 279 g/mol. The minimum absolute atomic E-state index is 0.00325. The second-order valence-corrected chi connectivity index (χ2v) is 4.98. The van der Waals surface area contributed by atoms with Gasteiger partial charge >= 0.3 is 0 Å². The lowest BCUT2D eigenvalue weighted by atomic mass is 10.2. The number of nitrogen functional groups attached to an aromatic ring is 1. The molecule has 0 radical (unpaired) electrons. The summed E-state index contributed by atoms with van der Waals surface area (Å²) in [6.07, 6.45) is 1.53. The number of rotatable bonds is 4. The molecule has 0 amide bonds. The molecule has 0 fully saturated rings. The third-order valence-electron chi connectivity index (χ3n) is 2.27. The second-order valence-electron chi connectivity index (χ2n) is 3.58. The lowest BCUT2D eigenvalue weighted by Crippen LogP contribution is -2.13. The lowest BCUT2D eigenvalue weighted by Gasteiger charge is -2.05. The van der Waals surface area contributed by atoms with Gasteiger partial charge in [-0.2, -0.15) is 5.10 Å². The summed E-state index contributed by atoms with van der Waals surface area (Å²) in [6, 6.07) is 9.30. The Hall–Kier alpha value is -1.59. The molecule has 18 heavy (non-hydrogen) atoms. The van der Waals surface area contributed by atoms with E-state index in [1.54, 1.807) is 6.07 Å². The van der Waals surface area contributed by atoms with Gasteiger partial charge in [0.15, 0.2) is 0 Å². The first-order valence-corrected chi connectivity index (χ1v) is 6.56. The Labute approximate surface area is 114 Å². The summed E-state index contributed by atoms with van der Waals surface area (Å²) in [5, 5.41) is 16.7. The smallest absolute Gasteiger partial charge is 0.130 e. The van der Waals surface area contributed by atoms with E-state index in [4.69, 9.17) is 22.7 Å². The van der Waals surface area contributed by atoms with E-state index < -0.39 is 0 Å². The number of amidine groups is 1. The van der Waals surface area contributed by atoms with Gasteiger partial charge in [0.1, 0.15) is 10.9 Å². The summed E-state index contributed by atoms with van der Waals surface area (Å²) < 4.78 is 0. The van der Waals surface area contributed by atoms with Crippen LogP contribution in [0.2, 0.25) is 5.02 Å². The SMILES string of the molecule is N=C(N)c1ccnnc1SCc1ccc(Cl)cc1. The fraction of sp³-hybridized carbons (Fsp3) is 0.0833. The molecule has 0 aliphatic carbocycles. The van der Waals surface area contributed by atoms with Gasteiger partial charge in [0, 0.05) is 10.8 Å². The van der Waals surface area contributed by atoms with Crippen molar-refractivity contribution in [2.45, 2.75) is 10.8 Å². The van der Waals surface area contributed by atoms with Crippen molar-refractivity contribution in [1.29, 1.82) is 5.41 Å². The highest BCUT2D eigenvalue weighted by molar-refractivity contribution is 7.98. The maximum absolute atomic E-state index is 7.47. The summed E-state index contributed by atoms with van der Waals surface area (Å²) in [7, 11) is 0. The molecule has 1 aromatic heterocycles. The number of thioether (sulfide) groups is 1. The quantitative estimate of drug-likeness (QED) is 0.512. The van der Waals surface area contributed by atoms with Crippen LogP contribution in [0.25, 0.3) is 0 Å². The Kier molecular flexibility index (Phi) is 4.17. The number of nitrogens with zero attached hydrogens (tertiary/aromatic N) is 2. The van der Waals surface area contributed by atoms with Crippen molar-refractivity contribution >= 4 is 29.2 Å². The molecule has 4 nitrogen and oxygen atoms in total. The summed E-state index contributed by atoms with van der Waals surface area (Å²) in [4.78, 5) is 0. The second kappa shape index (κ2) is 5.84. The van der Waals surface area contributed by atoms with E-state index in [-0.39, 0.29) is 5.84 Å². The van der Waals surface area contributed by atoms with E-state index in [9.17, 15) is 0 Å². The zero-order valence-electron chi connectivity index (χ0n) is 9.43. The number of hydrogen-bond acceptors (Lipinski definition) is 4. The molecule has 0 aliphatic heterocycles. The van der Waals surface area contributed by atoms with Crippen LogP contribution in [0.1, 0.15) is 11.1 Å². The Morgan fingerprint density at radius 3 is 2.67 bits per heavy atom. The van der Waals surface area contributed by atoms with E-state index in [0.717, 1.165) is 11.3 Å². The average Bonchev–Trinajstić information content (AvgIpc) is 2.38. The van der Waals surface area contributed by atoms with Crippen LogP contribution in [-0.4, -0.2) is 16.0 Å². The van der Waals surface area contributed by atoms with E-state index >= 15 is 0 Å². The van der Waals surface area contributed by atoms with Crippen LogP contribution in [0.3, 0.4) is 0 Å². The van der Waals surface area contributed by atoms with Crippen LogP contribution in [0.4, 0.5) is 0 Å². The molecular formula is C12H11ClN4S. The van der Waals surface area contributed by atoms with Crippen molar-refractivity contribution in [1.82, 2.24) is 10.2 Å². The molecule has 6 heteroatoms. The topological polar surface area (TPSA) is 75.7 Å². The molecule has 0 bridgehead atoms. The number of benzene rings is 1. The number of hydrogen-bond donors (Lipinski definition) is 2. The highest BCUT2D eigenvalue weighted by Crippen LogP contribution is 2.23. The molecule has 0 unspecified atom stereocenters. The van der Waals surface area contributed by atoms with Crippen LogP contribution in [0.5, 0.6) is 0 Å². The Morgan fingerprint density at radius 1 is 1.28 bits per heavy atom. The van der Waals surface area contributed by atoms with Crippen molar-refractivity contribution in [3.63, 3.8) is 0 Å². The van der Waals surface area contributed by atoms with Gasteiger partial charge in [0.2, 0.25) is 0 Å². The Bertz CT molecular complexity index is 556. The van der Waals surface area contributed by atoms with E-state index in [1.165, 1.54) is 18.0 Å². The van der Waals surface area contributed by atoms with Crippen molar-refractivity contribution in [2.75, 3.05) is 0 Å². The molecular weight excluding hydrogens is 268 g/mol. The first kappa shape index (κ1) is 12.9. The van der Waals surface area contributed by atoms with E-state index in [2.05, 4.69) is 10.2 Å². The summed E-state index contributed by atoms with van der Waals surface area (Å²) in [5.41, 5.74) is 7.23. The third kappa shape index (κ3) is 3.21. The van der Waals surface area contributed by atoms with Gasteiger partial charge < -0.3 is 5.73 Å². The summed E-state index contributed by atoms with van der Waals surface area (Å²) >= 11 is 7.32. The zero-order valence-corrected chi connectivity index (χ0v) is 11.0. The predicted octanol–water partition coefficient (Wildman–Crippen LogP) is 2.71. The minimum atomic E-state index is 0.00325. The highest BCUT2D eigenvalue weighted by atomic mass is 35.5. The molecule has 1 aromatic carbocycles. The summed E-state index contributed by atoms with van der Waals surface area (Å²) in [5.74, 6) is 0.736. The van der Waals surface area contributed by atoms with Crippen LogP contribution in [0, 0.1) is 5.41 Å². The van der Waals surface area contributed by atoms with Crippen molar-refractivity contribution in [2.24, 2.45) is 5.73 Å². The molecule has 0 spiro atoms. The van der Waals surface area contributed by atoms with Gasteiger partial charge in [-0.15, -0.1) is 5.10 Å². The number of aromatic nitrogens is 2. The van der Waals surface area contributed by atoms with Crippen molar-refractivity contribution < 1.29 is 0 Å². The molecule has 3 N–H and O–H groups in total. The van der Waals surface area contributed by atoms with Gasteiger partial charge in [-0.1, -0.05) is 35.5 Å². The van der Waals surface area contributed by atoms with Crippen molar-refractivity contribution in [3.8, 4) is 0 Å². The van der Waals surface area contributed by atoms with Gasteiger partial charge in [-0.05, 0) is 23.8 Å². The van der Waals surface area contributed by atoms with E-state index in [0.29, 0.717) is 15.6 Å². The van der Waals surface area contributed by atoms with Crippen LogP contribution < -0.4 is 5.73 Å². The molecule has 0 saturated heterocycles. The maximum Gasteiger partial charge on any atom is 0.130 e. The fourth-order valence-electron chi connectivity index (χ4n) is 1.36. The maximum atomic E-state index is 7.47. The molecule has 0 saturated carbocycles. The standard InChI is InChI=1S/C12H11ClN4S/c13-9-3-1-8(2-4-9)7-18-12-10(11(14)15)5-6-16-17-12/h1-6H,7H2,(H3,14,15). The summed E-state index contributed by atoms with van der Waals surface area (Å²) in [6.45, 7) is 0. The van der Waals surface area contributed by atoms with Crippen LogP contribution in [0.15, 0.2) is 41.6 Å². The molecule has 2 aromatic rings.